The number of nitrogens with one attached hydrogen (secondary N) is 2. The van der Waals surface area contributed by atoms with E-state index >= 15 is 0 Å². The fourth-order valence-electron chi connectivity index (χ4n) is 3.18. The molecule has 0 fully saturated rings. The average molecular weight is 437 g/mol. The van der Waals surface area contributed by atoms with Gasteiger partial charge in [-0.05, 0) is 68.3 Å². The lowest BCUT2D eigenvalue weighted by Crippen LogP contribution is -2.20. The summed E-state index contributed by atoms with van der Waals surface area (Å²) >= 11 is 0. The van der Waals surface area contributed by atoms with Gasteiger partial charge in [0.25, 0.3) is 5.91 Å². The van der Waals surface area contributed by atoms with Gasteiger partial charge in [-0.25, -0.2) is 4.39 Å². The van der Waals surface area contributed by atoms with Crippen LogP contribution in [0.5, 0.6) is 11.5 Å². The predicted octanol–water partition coefficient (Wildman–Crippen LogP) is 4.88. The van der Waals surface area contributed by atoms with Crippen LogP contribution in [-0.4, -0.2) is 25.7 Å². The molecule has 3 rings (SSSR count). The lowest BCUT2D eigenvalue weighted by Gasteiger charge is -2.14. The molecule has 1 amide bonds. The van der Waals surface area contributed by atoms with Crippen LogP contribution in [0.1, 0.15) is 23.6 Å². The molecule has 3 aromatic rings. The molecule has 6 heteroatoms. The second-order valence-electron chi connectivity index (χ2n) is 7.44. The van der Waals surface area contributed by atoms with Gasteiger partial charge in [0.1, 0.15) is 5.82 Å². The number of ether oxygens (including phenoxy) is 2. The largest absolute Gasteiger partial charge is 0.490 e. The van der Waals surface area contributed by atoms with Crippen molar-refractivity contribution in [3.05, 3.63) is 89.2 Å². The van der Waals surface area contributed by atoms with E-state index < -0.39 is 0 Å². The molecule has 32 heavy (non-hydrogen) atoms. The Hall–Kier alpha value is -3.38. The molecule has 0 unspecified atom stereocenters. The predicted molar refractivity (Wildman–Crippen MR) is 125 cm³/mol. The number of anilines is 1. The van der Waals surface area contributed by atoms with Gasteiger partial charge in [0.15, 0.2) is 18.1 Å². The highest BCUT2D eigenvalue weighted by atomic mass is 19.1. The van der Waals surface area contributed by atoms with E-state index in [0.717, 1.165) is 16.8 Å². The molecule has 0 aliphatic rings. The molecule has 5 nitrogen and oxygen atoms in total. The van der Waals surface area contributed by atoms with Crippen molar-refractivity contribution in [1.29, 1.82) is 0 Å². The van der Waals surface area contributed by atoms with Crippen LogP contribution >= 0.6 is 0 Å². The zero-order valence-electron chi connectivity index (χ0n) is 18.5. The van der Waals surface area contributed by atoms with Crippen molar-refractivity contribution in [2.75, 3.05) is 25.1 Å². The molecule has 0 atom stereocenters. The topological polar surface area (TPSA) is 59.6 Å². The van der Waals surface area contributed by atoms with Gasteiger partial charge in [-0.2, -0.15) is 0 Å². The first-order valence-corrected chi connectivity index (χ1v) is 10.7. The first-order valence-electron chi connectivity index (χ1n) is 10.7. The highest BCUT2D eigenvalue weighted by Crippen LogP contribution is 2.28. The summed E-state index contributed by atoms with van der Waals surface area (Å²) in [5, 5.41) is 6.13. The van der Waals surface area contributed by atoms with Crippen LogP contribution in [0.2, 0.25) is 0 Å². The van der Waals surface area contributed by atoms with Gasteiger partial charge < -0.3 is 20.1 Å². The third-order valence-corrected chi connectivity index (χ3v) is 4.86. The molecule has 0 heterocycles. The molecule has 3 aromatic carbocycles. The Morgan fingerprint density at radius 3 is 2.50 bits per heavy atom. The standard InChI is InChI=1S/C26H29FN2O3/c1-3-31-25-16-20(17-28-15-14-21-6-4-5-7-23(21)27)10-13-24(25)32-18-26(30)29-22-11-8-19(2)9-12-22/h4-13,16,28H,3,14-15,17-18H2,1-2H3,(H,29,30). The number of carbonyl (C=O) groups excluding carboxylic acids is 1. The molecule has 0 saturated heterocycles. The Labute approximate surface area is 188 Å². The van der Waals surface area contributed by atoms with E-state index in [9.17, 15) is 9.18 Å². The Morgan fingerprint density at radius 2 is 1.75 bits per heavy atom. The second-order valence-corrected chi connectivity index (χ2v) is 7.44. The molecule has 0 aliphatic carbocycles. The summed E-state index contributed by atoms with van der Waals surface area (Å²) in [6.07, 6.45) is 0.613. The summed E-state index contributed by atoms with van der Waals surface area (Å²) in [5.41, 5.74) is 3.56. The highest BCUT2D eigenvalue weighted by Gasteiger charge is 2.10. The van der Waals surface area contributed by atoms with Crippen molar-refractivity contribution in [1.82, 2.24) is 5.32 Å². The maximum absolute atomic E-state index is 13.7. The number of halogens is 1. The van der Waals surface area contributed by atoms with Crippen molar-refractivity contribution in [3.8, 4) is 11.5 Å². The fraction of sp³-hybridized carbons (Fsp3) is 0.269. The molecule has 0 aromatic heterocycles. The van der Waals surface area contributed by atoms with E-state index in [-0.39, 0.29) is 18.3 Å². The van der Waals surface area contributed by atoms with Gasteiger partial charge in [0, 0.05) is 12.2 Å². The number of hydrogen-bond acceptors (Lipinski definition) is 4. The van der Waals surface area contributed by atoms with E-state index in [1.165, 1.54) is 6.07 Å². The SMILES string of the molecule is CCOc1cc(CNCCc2ccccc2F)ccc1OCC(=O)Nc1ccc(C)cc1. The van der Waals surface area contributed by atoms with Crippen LogP contribution in [0.25, 0.3) is 0 Å². The Bertz CT molecular complexity index is 1020. The van der Waals surface area contributed by atoms with E-state index in [0.29, 0.717) is 43.2 Å². The van der Waals surface area contributed by atoms with Crippen molar-refractivity contribution in [3.63, 3.8) is 0 Å². The average Bonchev–Trinajstić information content (AvgIpc) is 2.79. The second kappa shape index (κ2) is 11.9. The molecule has 168 valence electrons. The first kappa shape index (κ1) is 23.3. The number of rotatable bonds is 11. The quantitative estimate of drug-likeness (QED) is 0.421. The van der Waals surface area contributed by atoms with Crippen LogP contribution in [-0.2, 0) is 17.8 Å². The summed E-state index contributed by atoms with van der Waals surface area (Å²) in [6, 6.07) is 20.0. The minimum Gasteiger partial charge on any atom is -0.490 e. The maximum Gasteiger partial charge on any atom is 0.262 e. The molecule has 2 N–H and O–H groups in total. The zero-order valence-corrected chi connectivity index (χ0v) is 18.5. The van der Waals surface area contributed by atoms with Gasteiger partial charge in [-0.1, -0.05) is 42.0 Å². The van der Waals surface area contributed by atoms with Crippen LogP contribution in [0, 0.1) is 12.7 Å². The number of benzene rings is 3. The maximum atomic E-state index is 13.7. The zero-order chi connectivity index (χ0) is 22.8. The Balaban J connectivity index is 1.51. The van der Waals surface area contributed by atoms with E-state index in [1.54, 1.807) is 18.2 Å². The van der Waals surface area contributed by atoms with Crippen molar-refractivity contribution >= 4 is 11.6 Å². The van der Waals surface area contributed by atoms with Crippen molar-refractivity contribution < 1.29 is 18.7 Å². The van der Waals surface area contributed by atoms with Crippen molar-refractivity contribution in [2.24, 2.45) is 0 Å². The number of amides is 1. The third kappa shape index (κ3) is 7.10. The molecular weight excluding hydrogens is 407 g/mol. The molecule has 0 aliphatic heterocycles. The summed E-state index contributed by atoms with van der Waals surface area (Å²) in [5.74, 6) is 0.682. The highest BCUT2D eigenvalue weighted by molar-refractivity contribution is 5.91. The summed E-state index contributed by atoms with van der Waals surface area (Å²) in [6.45, 7) is 5.52. The lowest BCUT2D eigenvalue weighted by molar-refractivity contribution is -0.118. The van der Waals surface area contributed by atoms with Gasteiger partial charge >= 0.3 is 0 Å². The smallest absolute Gasteiger partial charge is 0.262 e. The monoisotopic (exact) mass is 436 g/mol. The third-order valence-electron chi connectivity index (χ3n) is 4.86. The Morgan fingerprint density at radius 1 is 0.969 bits per heavy atom. The summed E-state index contributed by atoms with van der Waals surface area (Å²) in [7, 11) is 0. The molecule has 0 bridgehead atoms. The number of hydrogen-bond donors (Lipinski definition) is 2. The minimum absolute atomic E-state index is 0.117. The van der Waals surface area contributed by atoms with Gasteiger partial charge in [0.05, 0.1) is 6.61 Å². The van der Waals surface area contributed by atoms with Gasteiger partial charge in [-0.3, -0.25) is 4.79 Å². The fourth-order valence-corrected chi connectivity index (χ4v) is 3.18. The molecular formula is C26H29FN2O3. The molecule has 0 saturated carbocycles. The molecule has 0 spiro atoms. The normalized spacial score (nSPS) is 10.6. The number of aryl methyl sites for hydroxylation is 1. The van der Waals surface area contributed by atoms with Gasteiger partial charge in [-0.15, -0.1) is 0 Å². The van der Waals surface area contributed by atoms with Crippen LogP contribution < -0.4 is 20.1 Å². The van der Waals surface area contributed by atoms with Crippen LogP contribution in [0.3, 0.4) is 0 Å². The lowest BCUT2D eigenvalue weighted by atomic mass is 10.1. The van der Waals surface area contributed by atoms with E-state index in [2.05, 4.69) is 10.6 Å². The minimum atomic E-state index is -0.241. The molecule has 0 radical (unpaired) electrons. The number of carbonyl (C=O) groups is 1. The Kier molecular flexibility index (Phi) is 8.63. The van der Waals surface area contributed by atoms with Crippen LogP contribution in [0.15, 0.2) is 66.7 Å². The van der Waals surface area contributed by atoms with Crippen LogP contribution in [0.4, 0.5) is 10.1 Å². The van der Waals surface area contributed by atoms with E-state index in [1.807, 2.05) is 56.3 Å². The van der Waals surface area contributed by atoms with E-state index in [4.69, 9.17) is 9.47 Å². The van der Waals surface area contributed by atoms with Gasteiger partial charge in [0.2, 0.25) is 0 Å². The van der Waals surface area contributed by atoms with Crippen molar-refractivity contribution in [2.45, 2.75) is 26.8 Å². The summed E-state index contributed by atoms with van der Waals surface area (Å²) < 4.78 is 25.1. The summed E-state index contributed by atoms with van der Waals surface area (Å²) in [4.78, 5) is 12.2. The first-order chi connectivity index (χ1) is 15.5.